The first-order valence-electron chi connectivity index (χ1n) is 10.3. The lowest BCUT2D eigenvalue weighted by Crippen LogP contribution is -2.57. The Labute approximate surface area is 184 Å². The number of piperazine rings is 1. The van der Waals surface area contributed by atoms with Crippen molar-refractivity contribution >= 4 is 26.1 Å². The average molecular weight is 475 g/mol. The molecule has 0 spiro atoms. The van der Waals surface area contributed by atoms with Crippen molar-refractivity contribution in [3.8, 4) is 0 Å². The zero-order chi connectivity index (χ0) is 22.6. The molecule has 0 saturated carbocycles. The number of amides is 1. The van der Waals surface area contributed by atoms with Crippen LogP contribution in [0, 0.1) is 0 Å². The van der Waals surface area contributed by atoms with Gasteiger partial charge in [0.1, 0.15) is 0 Å². The highest BCUT2D eigenvalue weighted by molar-refractivity contribution is 7.89. The van der Waals surface area contributed by atoms with Gasteiger partial charge in [0.05, 0.1) is 17.1 Å². The molecule has 2 atom stereocenters. The molecule has 174 valence electrons. The fourth-order valence-corrected chi connectivity index (χ4v) is 6.58. The molecule has 0 aromatic heterocycles. The Morgan fingerprint density at radius 2 is 1.55 bits per heavy atom. The highest BCUT2D eigenvalue weighted by Gasteiger charge is 2.37. The third-order valence-electron chi connectivity index (χ3n) is 5.31. The summed E-state index contributed by atoms with van der Waals surface area (Å²) in [7, 11) is -7.27. The second-order valence-electron chi connectivity index (χ2n) is 7.82. The Kier molecular flexibility index (Phi) is 7.71. The van der Waals surface area contributed by atoms with Crippen LogP contribution in [0.4, 0.5) is 0 Å². The monoisotopic (exact) mass is 474 g/mol. The Hall–Kier alpha value is -1.57. The molecule has 0 radical (unpaired) electrons. The molecule has 1 amide bonds. The van der Waals surface area contributed by atoms with Gasteiger partial charge in [-0.2, -0.15) is 17.0 Å². The lowest BCUT2D eigenvalue weighted by Gasteiger charge is -2.40. The smallest absolute Gasteiger partial charge is 0.282 e. The minimum atomic E-state index is -3.66. The van der Waals surface area contributed by atoms with Gasteiger partial charge in [-0.1, -0.05) is 18.2 Å². The summed E-state index contributed by atoms with van der Waals surface area (Å²) in [6.07, 6.45) is -0.320. The van der Waals surface area contributed by atoms with Crippen molar-refractivity contribution in [1.29, 1.82) is 0 Å². The Bertz CT molecular complexity index is 952. The minimum Gasteiger partial charge on any atom is -0.373 e. The molecule has 2 saturated heterocycles. The normalized spacial score (nSPS) is 24.3. The molecule has 1 N–H and O–H groups in total. The van der Waals surface area contributed by atoms with Gasteiger partial charge in [-0.15, -0.1) is 0 Å². The molecule has 0 bridgehead atoms. The third-order valence-corrected chi connectivity index (χ3v) is 8.76. The number of carbonyl (C=O) groups excluding carboxylic acids is 1. The average Bonchev–Trinajstić information content (AvgIpc) is 2.73. The molecule has 2 fully saturated rings. The number of morpholine rings is 1. The molecule has 1 aromatic carbocycles. The maximum Gasteiger partial charge on any atom is 0.282 e. The van der Waals surface area contributed by atoms with E-state index < -0.39 is 20.2 Å². The van der Waals surface area contributed by atoms with E-state index in [4.69, 9.17) is 4.74 Å². The van der Waals surface area contributed by atoms with Gasteiger partial charge in [-0.05, 0) is 26.0 Å². The molecular weight excluding hydrogens is 444 g/mol. The molecule has 12 heteroatoms. The standard InChI is InChI=1S/C19H30N4O6S2/c1-16-14-23(15-17(2)29-16)31(27,28)22-12-10-21(11-13-22)19(24)8-9-20-30(25,26)18-6-4-3-5-7-18/h3-7,16-17,20H,8-15H2,1-2H3. The Balaban J connectivity index is 1.47. The van der Waals surface area contributed by atoms with Gasteiger partial charge in [0.15, 0.2) is 0 Å². The first-order valence-corrected chi connectivity index (χ1v) is 13.2. The van der Waals surface area contributed by atoms with Gasteiger partial charge >= 0.3 is 0 Å². The third kappa shape index (κ3) is 6.02. The van der Waals surface area contributed by atoms with Crippen molar-refractivity contribution in [2.24, 2.45) is 0 Å². The van der Waals surface area contributed by atoms with Crippen molar-refractivity contribution in [2.45, 2.75) is 37.4 Å². The van der Waals surface area contributed by atoms with Crippen LogP contribution in [0.25, 0.3) is 0 Å². The number of ether oxygens (including phenoxy) is 1. The van der Waals surface area contributed by atoms with E-state index in [1.165, 1.54) is 20.7 Å². The van der Waals surface area contributed by atoms with Gasteiger partial charge in [0, 0.05) is 52.2 Å². The summed E-state index contributed by atoms with van der Waals surface area (Å²) in [5.74, 6) is -0.207. The van der Waals surface area contributed by atoms with Gasteiger partial charge in [0.2, 0.25) is 15.9 Å². The summed E-state index contributed by atoms with van der Waals surface area (Å²) >= 11 is 0. The van der Waals surface area contributed by atoms with Crippen LogP contribution >= 0.6 is 0 Å². The zero-order valence-corrected chi connectivity index (χ0v) is 19.4. The summed E-state index contributed by atoms with van der Waals surface area (Å²) < 4.78 is 61.2. The van der Waals surface area contributed by atoms with Gasteiger partial charge < -0.3 is 9.64 Å². The molecular formula is C19H30N4O6S2. The number of rotatable bonds is 7. The van der Waals surface area contributed by atoms with E-state index in [1.807, 2.05) is 13.8 Å². The molecule has 0 aliphatic carbocycles. The van der Waals surface area contributed by atoms with Crippen molar-refractivity contribution in [1.82, 2.24) is 18.2 Å². The van der Waals surface area contributed by atoms with Crippen LogP contribution in [0.1, 0.15) is 20.3 Å². The van der Waals surface area contributed by atoms with E-state index in [2.05, 4.69) is 4.72 Å². The number of hydrogen-bond acceptors (Lipinski definition) is 6. The minimum absolute atomic E-state index is 0.0112. The number of nitrogens with one attached hydrogen (secondary N) is 1. The quantitative estimate of drug-likeness (QED) is 0.588. The van der Waals surface area contributed by atoms with Crippen molar-refractivity contribution < 1.29 is 26.4 Å². The lowest BCUT2D eigenvalue weighted by molar-refractivity contribution is -0.132. The molecule has 31 heavy (non-hydrogen) atoms. The van der Waals surface area contributed by atoms with Crippen LogP contribution in [0.15, 0.2) is 35.2 Å². The lowest BCUT2D eigenvalue weighted by atomic mass is 10.3. The number of nitrogens with zero attached hydrogens (tertiary/aromatic N) is 3. The number of benzene rings is 1. The number of hydrogen-bond donors (Lipinski definition) is 1. The van der Waals surface area contributed by atoms with E-state index in [1.54, 1.807) is 23.1 Å². The molecule has 10 nitrogen and oxygen atoms in total. The Morgan fingerprint density at radius 1 is 0.968 bits per heavy atom. The summed E-state index contributed by atoms with van der Waals surface area (Å²) in [6, 6.07) is 7.96. The van der Waals surface area contributed by atoms with E-state index in [9.17, 15) is 21.6 Å². The van der Waals surface area contributed by atoms with Crippen LogP contribution in [0.3, 0.4) is 0 Å². The maximum atomic E-state index is 12.9. The van der Waals surface area contributed by atoms with E-state index in [-0.39, 0.29) is 62.2 Å². The van der Waals surface area contributed by atoms with E-state index in [0.29, 0.717) is 13.1 Å². The fourth-order valence-electron chi connectivity index (χ4n) is 3.78. The summed E-state index contributed by atoms with van der Waals surface area (Å²) in [4.78, 5) is 14.2. The van der Waals surface area contributed by atoms with Gasteiger partial charge in [-0.3, -0.25) is 4.79 Å². The van der Waals surface area contributed by atoms with Crippen LogP contribution in [-0.4, -0.2) is 94.3 Å². The van der Waals surface area contributed by atoms with E-state index in [0.717, 1.165) is 0 Å². The predicted octanol–water partition coefficient (Wildman–Crippen LogP) is -0.147. The second kappa shape index (κ2) is 9.92. The molecule has 2 aliphatic rings. The van der Waals surface area contributed by atoms with Gasteiger partial charge in [0.25, 0.3) is 10.2 Å². The SMILES string of the molecule is CC1CN(S(=O)(=O)N2CCN(C(=O)CCNS(=O)(=O)c3ccccc3)CC2)CC(C)O1. The molecule has 2 heterocycles. The first-order chi connectivity index (χ1) is 14.6. The highest BCUT2D eigenvalue weighted by Crippen LogP contribution is 2.19. The van der Waals surface area contributed by atoms with Crippen LogP contribution in [-0.2, 0) is 29.8 Å². The first kappa shape index (κ1) is 24.1. The van der Waals surface area contributed by atoms with Crippen LogP contribution in [0.5, 0.6) is 0 Å². The second-order valence-corrected chi connectivity index (χ2v) is 11.5. The fraction of sp³-hybridized carbons (Fsp3) is 0.632. The Morgan fingerprint density at radius 3 is 2.13 bits per heavy atom. The summed E-state index contributed by atoms with van der Waals surface area (Å²) in [5, 5.41) is 0. The molecule has 3 rings (SSSR count). The zero-order valence-electron chi connectivity index (χ0n) is 17.8. The summed E-state index contributed by atoms with van der Waals surface area (Å²) in [5.41, 5.74) is 0. The highest BCUT2D eigenvalue weighted by atomic mass is 32.2. The predicted molar refractivity (Wildman–Crippen MR) is 115 cm³/mol. The number of sulfonamides is 1. The van der Waals surface area contributed by atoms with Crippen molar-refractivity contribution in [3.05, 3.63) is 30.3 Å². The van der Waals surface area contributed by atoms with Crippen molar-refractivity contribution in [3.63, 3.8) is 0 Å². The topological polar surface area (TPSA) is 116 Å². The summed E-state index contributed by atoms with van der Waals surface area (Å²) in [6.45, 7) is 5.28. The molecule has 2 aliphatic heterocycles. The number of carbonyl (C=O) groups is 1. The van der Waals surface area contributed by atoms with Crippen LogP contribution < -0.4 is 4.72 Å². The van der Waals surface area contributed by atoms with E-state index >= 15 is 0 Å². The van der Waals surface area contributed by atoms with Crippen molar-refractivity contribution in [2.75, 3.05) is 45.8 Å². The van der Waals surface area contributed by atoms with Crippen LogP contribution in [0.2, 0.25) is 0 Å². The maximum absolute atomic E-state index is 12.9. The largest absolute Gasteiger partial charge is 0.373 e. The van der Waals surface area contributed by atoms with Gasteiger partial charge in [-0.25, -0.2) is 13.1 Å². The molecule has 2 unspecified atom stereocenters. The molecule has 1 aromatic rings.